The quantitative estimate of drug-likeness (QED) is 0.319. The Morgan fingerprint density at radius 3 is 2.57 bits per heavy atom. The number of carbonyl (C=O) groups excluding carboxylic acids is 1. The lowest BCUT2D eigenvalue weighted by Gasteiger charge is -2.21. The van der Waals surface area contributed by atoms with Gasteiger partial charge in [0.2, 0.25) is 5.88 Å². The molecule has 9 heteroatoms. The minimum atomic E-state index is -0.482. The molecule has 0 spiro atoms. The van der Waals surface area contributed by atoms with Gasteiger partial charge >= 0.3 is 5.97 Å². The van der Waals surface area contributed by atoms with Gasteiger partial charge in [0.1, 0.15) is 4.88 Å². The molecule has 0 aliphatic rings. The van der Waals surface area contributed by atoms with Crippen molar-refractivity contribution in [2.24, 2.45) is 0 Å². The van der Waals surface area contributed by atoms with E-state index in [4.69, 9.17) is 4.74 Å². The number of thiophene rings is 1. The predicted octanol–water partition coefficient (Wildman–Crippen LogP) is 5.29. The maximum Gasteiger partial charge on any atom is 0.355 e. The summed E-state index contributed by atoms with van der Waals surface area (Å²) >= 11 is 2.46. The first-order chi connectivity index (χ1) is 13.2. The van der Waals surface area contributed by atoms with Crippen LogP contribution in [0.5, 0.6) is 5.88 Å². The van der Waals surface area contributed by atoms with Crippen LogP contribution in [-0.4, -0.2) is 20.7 Å². The number of carbonyl (C=O) groups is 1. The number of para-hydroxylation sites is 1. The highest BCUT2D eigenvalue weighted by atomic mass is 32.2. The smallest absolute Gasteiger partial charge is 0.355 e. The summed E-state index contributed by atoms with van der Waals surface area (Å²) in [6.07, 6.45) is 0. The van der Waals surface area contributed by atoms with Gasteiger partial charge in [-0.15, -0.1) is 11.3 Å². The van der Waals surface area contributed by atoms with E-state index in [1.807, 2.05) is 20.8 Å². The second-order valence-electron chi connectivity index (χ2n) is 7.00. The van der Waals surface area contributed by atoms with Gasteiger partial charge in [0, 0.05) is 6.07 Å². The number of hydrogen-bond acceptors (Lipinski definition) is 7. The van der Waals surface area contributed by atoms with Crippen molar-refractivity contribution in [3.8, 4) is 5.88 Å². The highest BCUT2D eigenvalue weighted by molar-refractivity contribution is 7.99. The van der Waals surface area contributed by atoms with Crippen LogP contribution < -0.4 is 4.74 Å². The van der Waals surface area contributed by atoms with E-state index in [-0.39, 0.29) is 11.6 Å². The van der Waals surface area contributed by atoms with E-state index in [1.165, 1.54) is 29.2 Å². The summed E-state index contributed by atoms with van der Waals surface area (Å²) in [6, 6.07) is 9.93. The van der Waals surface area contributed by atoms with Gasteiger partial charge in [-0.25, -0.2) is 9.48 Å². The fourth-order valence-electron chi connectivity index (χ4n) is 2.49. The molecule has 0 N–H and O–H groups in total. The lowest BCUT2D eigenvalue weighted by molar-refractivity contribution is -0.387. The van der Waals surface area contributed by atoms with Crippen molar-refractivity contribution in [2.75, 3.05) is 0 Å². The van der Waals surface area contributed by atoms with Crippen molar-refractivity contribution in [3.05, 3.63) is 62.5 Å². The molecule has 0 atom stereocenters. The molecule has 2 heterocycles. The Morgan fingerprint density at radius 2 is 1.96 bits per heavy atom. The molecule has 7 nitrogen and oxygen atoms in total. The Balaban J connectivity index is 2.07. The summed E-state index contributed by atoms with van der Waals surface area (Å²) in [7, 11) is 0. The summed E-state index contributed by atoms with van der Waals surface area (Å²) in [5, 5.41) is 17.7. The van der Waals surface area contributed by atoms with E-state index in [0.717, 1.165) is 0 Å². The molecular weight excluding hydrogens is 398 g/mol. The monoisotopic (exact) mass is 417 g/mol. The van der Waals surface area contributed by atoms with Crippen molar-refractivity contribution >= 4 is 34.8 Å². The van der Waals surface area contributed by atoms with Crippen LogP contribution in [0.4, 0.5) is 5.69 Å². The van der Waals surface area contributed by atoms with Gasteiger partial charge in [-0.05, 0) is 45.2 Å². The SMILES string of the molecule is Cc1nn(C(C)(C)C)c(OC(=O)c2cccs2)c1Sc1ccccc1[N+](=O)[O-]. The van der Waals surface area contributed by atoms with Crippen LogP contribution in [0.15, 0.2) is 51.6 Å². The average molecular weight is 418 g/mol. The molecule has 0 bridgehead atoms. The molecule has 0 unspecified atom stereocenters. The topological polar surface area (TPSA) is 87.3 Å². The van der Waals surface area contributed by atoms with E-state index >= 15 is 0 Å². The number of esters is 1. The molecule has 1 aromatic carbocycles. The van der Waals surface area contributed by atoms with Gasteiger partial charge in [-0.2, -0.15) is 5.10 Å². The largest absolute Gasteiger partial charge is 0.402 e. The second kappa shape index (κ2) is 7.76. The van der Waals surface area contributed by atoms with Crippen LogP contribution in [0.1, 0.15) is 36.1 Å². The van der Waals surface area contributed by atoms with E-state index in [9.17, 15) is 14.9 Å². The molecule has 3 aromatic rings. The number of aromatic nitrogens is 2. The van der Waals surface area contributed by atoms with Gasteiger partial charge in [0.25, 0.3) is 5.69 Å². The van der Waals surface area contributed by atoms with Gasteiger partial charge < -0.3 is 4.74 Å². The summed E-state index contributed by atoms with van der Waals surface area (Å²) in [6.45, 7) is 7.63. The second-order valence-corrected chi connectivity index (χ2v) is 9.00. The molecule has 0 radical (unpaired) electrons. The maximum atomic E-state index is 12.6. The molecule has 0 aliphatic heterocycles. The molecule has 0 fully saturated rings. The molecule has 146 valence electrons. The highest BCUT2D eigenvalue weighted by Crippen LogP contribution is 2.43. The Morgan fingerprint density at radius 1 is 1.25 bits per heavy atom. The molecular formula is C19H19N3O4S2. The lowest BCUT2D eigenvalue weighted by Crippen LogP contribution is -2.25. The van der Waals surface area contributed by atoms with Crippen LogP contribution in [0.2, 0.25) is 0 Å². The first kappa shape index (κ1) is 20.1. The van der Waals surface area contributed by atoms with Crippen LogP contribution in [0.3, 0.4) is 0 Å². The van der Waals surface area contributed by atoms with E-state index in [2.05, 4.69) is 5.10 Å². The molecule has 0 aliphatic carbocycles. The zero-order valence-corrected chi connectivity index (χ0v) is 17.5. The Labute approximate surface area is 170 Å². The molecule has 28 heavy (non-hydrogen) atoms. The average Bonchev–Trinajstić information content (AvgIpc) is 3.25. The predicted molar refractivity (Wildman–Crippen MR) is 108 cm³/mol. The fraction of sp³-hybridized carbons (Fsp3) is 0.263. The Hall–Kier alpha value is -2.65. The van der Waals surface area contributed by atoms with E-state index in [1.54, 1.807) is 47.3 Å². The minimum Gasteiger partial charge on any atom is -0.402 e. The number of aryl methyl sites for hydroxylation is 1. The van der Waals surface area contributed by atoms with Crippen LogP contribution in [0.25, 0.3) is 0 Å². The number of nitro groups is 1. The summed E-state index contributed by atoms with van der Waals surface area (Å²) in [4.78, 5) is 25.0. The van der Waals surface area contributed by atoms with Gasteiger partial charge in [-0.3, -0.25) is 10.1 Å². The first-order valence-corrected chi connectivity index (χ1v) is 10.1. The lowest BCUT2D eigenvalue weighted by atomic mass is 10.1. The number of nitro benzene ring substituents is 1. The van der Waals surface area contributed by atoms with Gasteiger partial charge in [-0.1, -0.05) is 30.0 Å². The van der Waals surface area contributed by atoms with E-state index < -0.39 is 16.4 Å². The third-order valence-electron chi connectivity index (χ3n) is 3.79. The number of ether oxygens (including phenoxy) is 1. The summed E-state index contributed by atoms with van der Waals surface area (Å²) in [5.74, 6) is -0.198. The minimum absolute atomic E-state index is 0.00839. The Bertz CT molecular complexity index is 1020. The maximum absolute atomic E-state index is 12.6. The van der Waals surface area contributed by atoms with Crippen molar-refractivity contribution < 1.29 is 14.5 Å². The molecule has 3 rings (SSSR count). The number of nitrogens with zero attached hydrogens (tertiary/aromatic N) is 3. The molecule has 0 saturated heterocycles. The Kier molecular flexibility index (Phi) is 5.57. The van der Waals surface area contributed by atoms with E-state index in [0.29, 0.717) is 20.4 Å². The molecule has 2 aromatic heterocycles. The number of rotatable bonds is 5. The van der Waals surface area contributed by atoms with Crippen molar-refractivity contribution in [1.82, 2.24) is 9.78 Å². The van der Waals surface area contributed by atoms with Crippen molar-refractivity contribution in [2.45, 2.75) is 43.0 Å². The standard InChI is InChI=1S/C19H19N3O4S2/c1-12-16(28-14-9-6-5-8-13(14)22(24)25)17(21(20-12)19(2,3)4)26-18(23)15-10-7-11-27-15/h5-11H,1-4H3. The fourth-order valence-corrected chi connectivity index (χ4v) is 4.11. The van der Waals surface area contributed by atoms with Gasteiger partial charge in [0.05, 0.1) is 25.9 Å². The zero-order chi connectivity index (χ0) is 20.5. The van der Waals surface area contributed by atoms with Crippen LogP contribution >= 0.6 is 23.1 Å². The molecule has 0 amide bonds. The summed E-state index contributed by atoms with van der Waals surface area (Å²) < 4.78 is 7.37. The van der Waals surface area contributed by atoms with Crippen molar-refractivity contribution in [3.63, 3.8) is 0 Å². The first-order valence-electron chi connectivity index (χ1n) is 8.45. The zero-order valence-electron chi connectivity index (χ0n) is 15.8. The third-order valence-corrected chi connectivity index (χ3v) is 5.88. The third kappa shape index (κ3) is 4.10. The summed E-state index contributed by atoms with van der Waals surface area (Å²) in [5.41, 5.74) is 0.176. The van der Waals surface area contributed by atoms with Crippen molar-refractivity contribution in [1.29, 1.82) is 0 Å². The number of benzene rings is 1. The highest BCUT2D eigenvalue weighted by Gasteiger charge is 2.29. The van der Waals surface area contributed by atoms with Gasteiger partial charge in [0.15, 0.2) is 0 Å². The van der Waals surface area contributed by atoms with Crippen LogP contribution in [-0.2, 0) is 5.54 Å². The molecule has 0 saturated carbocycles. The van der Waals surface area contributed by atoms with Crippen LogP contribution in [0, 0.1) is 17.0 Å². The number of hydrogen-bond donors (Lipinski definition) is 0. The normalized spacial score (nSPS) is 11.4.